The van der Waals surface area contributed by atoms with E-state index in [-0.39, 0.29) is 16.7 Å². The van der Waals surface area contributed by atoms with E-state index in [0.29, 0.717) is 30.4 Å². The standard InChI is InChI=1S/C23H24ClN3O3S2/c1-16-4-10-20(11-5-16)32(29,30)25-13-17-3-2-12-27(14-17)23(28)21-15-31-22(26-21)18-6-8-19(24)9-7-18/h4-11,15,17,25H,2-3,12-14H2,1H3. The second-order valence-corrected chi connectivity index (χ2v) is 11.0. The predicted molar refractivity (Wildman–Crippen MR) is 128 cm³/mol. The van der Waals surface area contributed by atoms with Crippen molar-refractivity contribution in [2.75, 3.05) is 19.6 Å². The van der Waals surface area contributed by atoms with Gasteiger partial charge in [-0.2, -0.15) is 0 Å². The van der Waals surface area contributed by atoms with Gasteiger partial charge in [0.2, 0.25) is 10.0 Å². The minimum absolute atomic E-state index is 0.0577. The Balaban J connectivity index is 1.38. The minimum atomic E-state index is -3.57. The van der Waals surface area contributed by atoms with Gasteiger partial charge in [-0.05, 0) is 49.9 Å². The molecular formula is C23H24ClN3O3S2. The van der Waals surface area contributed by atoms with Crippen LogP contribution >= 0.6 is 22.9 Å². The van der Waals surface area contributed by atoms with Crippen molar-refractivity contribution in [3.63, 3.8) is 0 Å². The van der Waals surface area contributed by atoms with Gasteiger partial charge < -0.3 is 4.90 Å². The minimum Gasteiger partial charge on any atom is -0.337 e. The van der Waals surface area contributed by atoms with Crippen molar-refractivity contribution in [1.82, 2.24) is 14.6 Å². The highest BCUT2D eigenvalue weighted by Crippen LogP contribution is 2.26. The first kappa shape index (κ1) is 22.9. The first-order valence-corrected chi connectivity index (χ1v) is 13.1. The summed E-state index contributed by atoms with van der Waals surface area (Å²) in [6.45, 7) is 3.36. The Morgan fingerprint density at radius 3 is 2.62 bits per heavy atom. The maximum absolute atomic E-state index is 13.0. The number of halogens is 1. The lowest BCUT2D eigenvalue weighted by Crippen LogP contribution is -2.43. The number of sulfonamides is 1. The highest BCUT2D eigenvalue weighted by molar-refractivity contribution is 7.89. The largest absolute Gasteiger partial charge is 0.337 e. The lowest BCUT2D eigenvalue weighted by atomic mass is 9.98. The van der Waals surface area contributed by atoms with Crippen LogP contribution in [0, 0.1) is 12.8 Å². The number of aromatic nitrogens is 1. The van der Waals surface area contributed by atoms with Crippen LogP contribution in [0.4, 0.5) is 0 Å². The Labute approximate surface area is 197 Å². The number of rotatable bonds is 6. The van der Waals surface area contributed by atoms with Gasteiger partial charge in [-0.1, -0.05) is 41.4 Å². The second kappa shape index (κ2) is 9.70. The second-order valence-electron chi connectivity index (χ2n) is 7.97. The van der Waals surface area contributed by atoms with Crippen LogP contribution in [0.5, 0.6) is 0 Å². The molecule has 4 rings (SSSR count). The Morgan fingerprint density at radius 2 is 1.91 bits per heavy atom. The quantitative estimate of drug-likeness (QED) is 0.548. The Morgan fingerprint density at radius 1 is 1.19 bits per heavy atom. The molecule has 0 saturated carbocycles. The number of likely N-dealkylation sites (tertiary alicyclic amines) is 1. The maximum Gasteiger partial charge on any atom is 0.273 e. The van der Waals surface area contributed by atoms with E-state index in [1.807, 2.05) is 19.1 Å². The zero-order chi connectivity index (χ0) is 22.7. The first-order valence-electron chi connectivity index (χ1n) is 10.4. The van der Waals surface area contributed by atoms with E-state index in [1.54, 1.807) is 46.7 Å². The van der Waals surface area contributed by atoms with Gasteiger partial charge >= 0.3 is 0 Å². The van der Waals surface area contributed by atoms with Crippen LogP contribution in [-0.2, 0) is 10.0 Å². The molecular weight excluding hydrogens is 466 g/mol. The van der Waals surface area contributed by atoms with Crippen molar-refractivity contribution < 1.29 is 13.2 Å². The summed E-state index contributed by atoms with van der Waals surface area (Å²) < 4.78 is 27.8. The number of hydrogen-bond donors (Lipinski definition) is 1. The molecule has 0 bridgehead atoms. The van der Waals surface area contributed by atoms with E-state index >= 15 is 0 Å². The molecule has 3 aromatic rings. The summed E-state index contributed by atoms with van der Waals surface area (Å²) in [4.78, 5) is 19.6. The normalized spacial score (nSPS) is 16.8. The molecule has 1 N–H and O–H groups in total. The third-order valence-corrected chi connectivity index (χ3v) is 8.10. The molecule has 32 heavy (non-hydrogen) atoms. The molecule has 6 nitrogen and oxygen atoms in total. The summed E-state index contributed by atoms with van der Waals surface area (Å²) in [7, 11) is -3.57. The first-order chi connectivity index (χ1) is 15.3. The summed E-state index contributed by atoms with van der Waals surface area (Å²) in [5.74, 6) is -0.0603. The smallest absolute Gasteiger partial charge is 0.273 e. The fourth-order valence-electron chi connectivity index (χ4n) is 3.70. The van der Waals surface area contributed by atoms with Crippen LogP contribution in [0.15, 0.2) is 58.8 Å². The van der Waals surface area contributed by atoms with Gasteiger partial charge in [-0.25, -0.2) is 18.1 Å². The number of aryl methyl sites for hydroxylation is 1. The fraction of sp³-hybridized carbons (Fsp3) is 0.304. The van der Waals surface area contributed by atoms with E-state index in [1.165, 1.54) is 11.3 Å². The number of piperidine rings is 1. The van der Waals surface area contributed by atoms with Crippen molar-refractivity contribution in [2.24, 2.45) is 5.92 Å². The summed E-state index contributed by atoms with van der Waals surface area (Å²) in [6.07, 6.45) is 1.70. The van der Waals surface area contributed by atoms with Crippen LogP contribution in [-0.4, -0.2) is 43.8 Å². The number of amides is 1. The number of nitrogens with one attached hydrogen (secondary N) is 1. The monoisotopic (exact) mass is 489 g/mol. The van der Waals surface area contributed by atoms with Crippen LogP contribution in [0.3, 0.4) is 0 Å². The zero-order valence-corrected chi connectivity index (χ0v) is 20.0. The van der Waals surface area contributed by atoms with Gasteiger partial charge in [0.05, 0.1) is 4.90 Å². The van der Waals surface area contributed by atoms with Crippen LogP contribution in [0.1, 0.15) is 28.9 Å². The Kier molecular flexibility index (Phi) is 6.95. The molecule has 168 valence electrons. The van der Waals surface area contributed by atoms with E-state index in [4.69, 9.17) is 11.6 Å². The lowest BCUT2D eigenvalue weighted by Gasteiger charge is -2.32. The molecule has 1 aliphatic heterocycles. The van der Waals surface area contributed by atoms with Crippen molar-refractivity contribution in [3.8, 4) is 10.6 Å². The van der Waals surface area contributed by atoms with Crippen molar-refractivity contribution in [1.29, 1.82) is 0 Å². The molecule has 0 spiro atoms. The molecule has 2 heterocycles. The van der Waals surface area contributed by atoms with Gasteiger partial charge in [0, 0.05) is 35.6 Å². The molecule has 1 unspecified atom stereocenters. The van der Waals surface area contributed by atoms with Crippen LogP contribution < -0.4 is 4.72 Å². The Hall–Kier alpha value is -2.26. The average Bonchev–Trinajstić information content (AvgIpc) is 3.28. The van der Waals surface area contributed by atoms with E-state index in [2.05, 4.69) is 9.71 Å². The van der Waals surface area contributed by atoms with Gasteiger partial charge in [0.15, 0.2) is 0 Å². The number of nitrogens with zero attached hydrogens (tertiary/aromatic N) is 2. The molecule has 1 atom stereocenters. The lowest BCUT2D eigenvalue weighted by molar-refractivity contribution is 0.0671. The molecule has 0 radical (unpaired) electrons. The molecule has 1 aromatic heterocycles. The highest BCUT2D eigenvalue weighted by Gasteiger charge is 2.27. The summed E-state index contributed by atoms with van der Waals surface area (Å²) in [5.41, 5.74) is 2.34. The number of benzene rings is 2. The SMILES string of the molecule is Cc1ccc(S(=O)(=O)NCC2CCCN(C(=O)c3csc(-c4ccc(Cl)cc4)n3)C2)cc1. The molecule has 9 heteroatoms. The van der Waals surface area contributed by atoms with Gasteiger partial charge in [-0.15, -0.1) is 11.3 Å². The molecule has 1 saturated heterocycles. The number of hydrogen-bond acceptors (Lipinski definition) is 5. The third-order valence-electron chi connectivity index (χ3n) is 5.51. The average molecular weight is 490 g/mol. The Bertz CT molecular complexity index is 1190. The topological polar surface area (TPSA) is 79.4 Å². The molecule has 2 aromatic carbocycles. The molecule has 1 aliphatic rings. The van der Waals surface area contributed by atoms with Crippen LogP contribution in [0.25, 0.3) is 10.6 Å². The maximum atomic E-state index is 13.0. The summed E-state index contributed by atoms with van der Waals surface area (Å²) >= 11 is 7.36. The van der Waals surface area contributed by atoms with Crippen molar-refractivity contribution in [2.45, 2.75) is 24.7 Å². The predicted octanol–water partition coefficient (Wildman–Crippen LogP) is 4.60. The number of carbonyl (C=O) groups is 1. The van der Waals surface area contributed by atoms with Crippen LogP contribution in [0.2, 0.25) is 5.02 Å². The third kappa shape index (κ3) is 5.38. The zero-order valence-electron chi connectivity index (χ0n) is 17.6. The molecule has 1 fully saturated rings. The van der Waals surface area contributed by atoms with E-state index in [9.17, 15) is 13.2 Å². The highest BCUT2D eigenvalue weighted by atomic mass is 35.5. The van der Waals surface area contributed by atoms with Gasteiger partial charge in [-0.3, -0.25) is 4.79 Å². The van der Waals surface area contributed by atoms with Crippen molar-refractivity contribution >= 4 is 38.9 Å². The van der Waals surface area contributed by atoms with Gasteiger partial charge in [0.25, 0.3) is 5.91 Å². The number of thiazole rings is 1. The summed E-state index contributed by atoms with van der Waals surface area (Å²) in [5, 5.41) is 3.19. The summed E-state index contributed by atoms with van der Waals surface area (Å²) in [6, 6.07) is 14.1. The molecule has 1 amide bonds. The van der Waals surface area contributed by atoms with E-state index < -0.39 is 10.0 Å². The fourth-order valence-corrected chi connectivity index (χ4v) is 5.75. The van der Waals surface area contributed by atoms with Gasteiger partial charge in [0.1, 0.15) is 10.7 Å². The number of carbonyl (C=O) groups excluding carboxylic acids is 1. The molecule has 0 aliphatic carbocycles. The van der Waals surface area contributed by atoms with E-state index in [0.717, 1.165) is 29.0 Å². The van der Waals surface area contributed by atoms with Crippen molar-refractivity contribution in [3.05, 3.63) is 70.2 Å².